The van der Waals surface area contributed by atoms with Gasteiger partial charge in [0.05, 0.1) is 17.5 Å². The minimum Gasteiger partial charge on any atom is -0.222 e. The third-order valence-electron chi connectivity index (χ3n) is 1.20. The minimum absolute atomic E-state index is 0.0629. The predicted molar refractivity (Wildman–Crippen MR) is 56.8 cm³/mol. The number of rotatable bonds is 1. The van der Waals surface area contributed by atoms with E-state index in [4.69, 9.17) is 6.85 Å². The smallest absolute Gasteiger partial charge is 0.154 e. The fraction of sp³-hybridized carbons (Fsp3) is 0. The van der Waals surface area contributed by atoms with Crippen LogP contribution in [0, 0.1) is 0 Å². The van der Waals surface area contributed by atoms with Crippen LogP contribution >= 0.6 is 31.9 Å². The van der Waals surface area contributed by atoms with Crippen LogP contribution in [-0.2, 0) is 0 Å². The SMILES string of the molecule is [2H]c1nn(-c2nc(Br)c([2H])c([2H])c2[2H])c([2H])c1Br. The van der Waals surface area contributed by atoms with Crippen LogP contribution in [0.4, 0.5) is 0 Å². The van der Waals surface area contributed by atoms with Crippen molar-refractivity contribution in [1.82, 2.24) is 14.8 Å². The Morgan fingerprint density at radius 1 is 1.38 bits per heavy atom. The fourth-order valence-electron chi connectivity index (χ4n) is 0.725. The minimum atomic E-state index is -0.315. The number of nitrogens with zero attached hydrogens (tertiary/aromatic N) is 3. The molecule has 0 bridgehead atoms. The van der Waals surface area contributed by atoms with Crippen LogP contribution in [0.5, 0.6) is 0 Å². The molecule has 3 nitrogen and oxygen atoms in total. The molecule has 0 unspecified atom stereocenters. The van der Waals surface area contributed by atoms with Crippen LogP contribution in [0.3, 0.4) is 0 Å². The van der Waals surface area contributed by atoms with Crippen molar-refractivity contribution in [3.63, 3.8) is 0 Å². The molecule has 2 aromatic rings. The van der Waals surface area contributed by atoms with E-state index < -0.39 is 0 Å². The summed E-state index contributed by atoms with van der Waals surface area (Å²) >= 11 is 6.05. The van der Waals surface area contributed by atoms with Gasteiger partial charge in [-0.15, -0.1) is 0 Å². The Labute approximate surface area is 99.1 Å². The first-order chi connectivity index (χ1) is 8.34. The molecule has 0 saturated heterocycles. The van der Waals surface area contributed by atoms with E-state index in [1.165, 1.54) is 0 Å². The number of hydrogen-bond donors (Lipinski definition) is 0. The van der Waals surface area contributed by atoms with Crippen molar-refractivity contribution in [3.8, 4) is 5.82 Å². The molecule has 0 radical (unpaired) electrons. The largest absolute Gasteiger partial charge is 0.222 e. The molecule has 66 valence electrons. The molecule has 0 saturated carbocycles. The maximum Gasteiger partial charge on any atom is 0.154 e. The summed E-state index contributed by atoms with van der Waals surface area (Å²) in [6.07, 6.45) is -0.288. The quantitative estimate of drug-likeness (QED) is 0.759. The highest BCUT2D eigenvalue weighted by atomic mass is 79.9. The van der Waals surface area contributed by atoms with Crippen molar-refractivity contribution in [2.75, 3.05) is 0 Å². The van der Waals surface area contributed by atoms with Gasteiger partial charge in [0.1, 0.15) is 4.60 Å². The summed E-state index contributed by atoms with van der Waals surface area (Å²) in [5.74, 6) is -0.0629. The van der Waals surface area contributed by atoms with Crippen molar-refractivity contribution >= 4 is 31.9 Å². The highest BCUT2D eigenvalue weighted by Gasteiger charge is 1.99. The van der Waals surface area contributed by atoms with Crippen LogP contribution in [0.25, 0.3) is 5.82 Å². The molecular formula is C8H5Br2N3. The van der Waals surface area contributed by atoms with Gasteiger partial charge in [-0.05, 0) is 43.9 Å². The first-order valence-electron chi connectivity index (χ1n) is 5.70. The lowest BCUT2D eigenvalue weighted by molar-refractivity contribution is 0.843. The van der Waals surface area contributed by atoms with Crippen LogP contribution in [0.15, 0.2) is 39.5 Å². The molecule has 5 heteroatoms. The van der Waals surface area contributed by atoms with Crippen molar-refractivity contribution < 1.29 is 6.85 Å². The molecule has 2 aromatic heterocycles. The van der Waals surface area contributed by atoms with Gasteiger partial charge in [-0.1, -0.05) is 6.04 Å². The molecule has 0 atom stereocenters. The molecule has 0 aliphatic carbocycles. The Hall–Kier alpha value is -0.680. The van der Waals surface area contributed by atoms with Crippen molar-refractivity contribution in [2.24, 2.45) is 0 Å². The molecule has 0 N–H and O–H groups in total. The second-order valence-corrected chi connectivity index (χ2v) is 3.59. The Bertz CT molecular complexity index is 642. The van der Waals surface area contributed by atoms with E-state index in [0.717, 1.165) is 4.68 Å². The molecule has 0 fully saturated rings. The fourth-order valence-corrected chi connectivity index (χ4v) is 1.24. The lowest BCUT2D eigenvalue weighted by Crippen LogP contribution is -1.96. The zero-order valence-electron chi connectivity index (χ0n) is 11.1. The normalized spacial score (nSPS) is 15.7. The third-order valence-corrected chi connectivity index (χ3v) is 1.93. The average molecular weight is 308 g/mol. The summed E-state index contributed by atoms with van der Waals surface area (Å²) in [7, 11) is 0. The first-order valence-corrected chi connectivity index (χ1v) is 4.78. The second-order valence-electron chi connectivity index (χ2n) is 2.05. The van der Waals surface area contributed by atoms with Gasteiger partial charge in [0.25, 0.3) is 0 Å². The standard InChI is InChI=1S/C8H5Br2N3/c9-6-4-11-13(5-6)8-3-1-2-7(10)12-8/h1-5H/i1D,2D,3D,4D,5D. The van der Waals surface area contributed by atoms with Crippen LogP contribution < -0.4 is 0 Å². The highest BCUT2D eigenvalue weighted by Crippen LogP contribution is 2.12. The molecule has 0 aromatic carbocycles. The Kier molecular flexibility index (Phi) is 1.30. The molecular weight excluding hydrogens is 298 g/mol. The van der Waals surface area contributed by atoms with Crippen LogP contribution in [0.2, 0.25) is 0 Å². The van der Waals surface area contributed by atoms with Crippen molar-refractivity contribution in [2.45, 2.75) is 0 Å². The summed E-state index contributed by atoms with van der Waals surface area (Å²) in [4.78, 5) is 3.92. The maximum atomic E-state index is 7.74. The van der Waals surface area contributed by atoms with E-state index in [1.807, 2.05) is 0 Å². The number of hydrogen-bond acceptors (Lipinski definition) is 2. The molecule has 2 heterocycles. The van der Waals surface area contributed by atoms with Crippen LogP contribution in [0.1, 0.15) is 6.85 Å². The van der Waals surface area contributed by atoms with Crippen molar-refractivity contribution in [1.29, 1.82) is 0 Å². The lowest BCUT2D eigenvalue weighted by atomic mass is 10.5. The van der Waals surface area contributed by atoms with Gasteiger partial charge in [0.2, 0.25) is 0 Å². The van der Waals surface area contributed by atoms with Gasteiger partial charge in [0, 0.05) is 6.17 Å². The Morgan fingerprint density at radius 2 is 2.23 bits per heavy atom. The van der Waals surface area contributed by atoms with E-state index in [0.29, 0.717) is 0 Å². The van der Waals surface area contributed by atoms with Crippen LogP contribution in [-0.4, -0.2) is 14.8 Å². The summed E-state index contributed by atoms with van der Waals surface area (Å²) in [6.45, 7) is 0. The summed E-state index contributed by atoms with van der Waals surface area (Å²) < 4.78 is 39.3. The van der Waals surface area contributed by atoms with E-state index >= 15 is 0 Å². The monoisotopic (exact) mass is 306 g/mol. The molecule has 2 rings (SSSR count). The summed E-state index contributed by atoms with van der Waals surface area (Å²) in [6, 6.07) is -0.830. The van der Waals surface area contributed by atoms with Gasteiger partial charge in [-0.3, -0.25) is 0 Å². The number of aromatic nitrogens is 3. The van der Waals surface area contributed by atoms with Gasteiger partial charge in [-0.25, -0.2) is 9.67 Å². The van der Waals surface area contributed by atoms with Gasteiger partial charge in [-0.2, -0.15) is 5.10 Å². The molecule has 0 amide bonds. The van der Waals surface area contributed by atoms with Gasteiger partial charge < -0.3 is 0 Å². The zero-order chi connectivity index (χ0) is 13.6. The number of halogens is 2. The van der Waals surface area contributed by atoms with Crippen molar-refractivity contribution in [3.05, 3.63) is 39.5 Å². The first kappa shape index (κ1) is 4.70. The van der Waals surface area contributed by atoms with E-state index in [9.17, 15) is 0 Å². The van der Waals surface area contributed by atoms with E-state index in [2.05, 4.69) is 41.9 Å². The summed E-state index contributed by atoms with van der Waals surface area (Å²) in [5.41, 5.74) is 0. The lowest BCUT2D eigenvalue weighted by Gasteiger charge is -1.98. The van der Waals surface area contributed by atoms with Gasteiger partial charge in [0.15, 0.2) is 5.82 Å². The highest BCUT2D eigenvalue weighted by molar-refractivity contribution is 9.10. The second kappa shape index (κ2) is 3.59. The molecule has 13 heavy (non-hydrogen) atoms. The third kappa shape index (κ3) is 1.97. The molecule has 0 spiro atoms. The topological polar surface area (TPSA) is 30.7 Å². The van der Waals surface area contributed by atoms with E-state index in [1.54, 1.807) is 0 Å². The Morgan fingerprint density at radius 3 is 2.92 bits per heavy atom. The molecule has 0 aliphatic rings. The maximum absolute atomic E-state index is 7.74. The molecule has 0 aliphatic heterocycles. The van der Waals surface area contributed by atoms with E-state index in [-0.39, 0.29) is 45.4 Å². The predicted octanol–water partition coefficient (Wildman–Crippen LogP) is 2.79. The number of pyridine rings is 1. The Balaban J connectivity index is 2.76. The summed E-state index contributed by atoms with van der Waals surface area (Å²) in [5, 5.41) is 3.75. The zero-order valence-corrected chi connectivity index (χ0v) is 9.27. The van der Waals surface area contributed by atoms with Gasteiger partial charge >= 0.3 is 0 Å². The average Bonchev–Trinajstić information content (AvgIpc) is 2.59.